The molecule has 0 atom stereocenters. The van der Waals surface area contributed by atoms with Gasteiger partial charge in [-0.05, 0) is 61.9 Å². The van der Waals surface area contributed by atoms with Crippen molar-refractivity contribution in [1.82, 2.24) is 0 Å². The molecule has 0 amide bonds. The third-order valence-electron chi connectivity index (χ3n) is 3.82. The summed E-state index contributed by atoms with van der Waals surface area (Å²) in [4.78, 5) is 10.8. The number of rotatable bonds is 5. The molecule has 0 spiro atoms. The van der Waals surface area contributed by atoms with Gasteiger partial charge in [0.2, 0.25) is 0 Å². The second kappa shape index (κ2) is 6.57. The van der Waals surface area contributed by atoms with Crippen LogP contribution in [-0.2, 0) is 10.0 Å². The van der Waals surface area contributed by atoms with E-state index in [-0.39, 0.29) is 10.7 Å². The molecule has 0 radical (unpaired) electrons. The van der Waals surface area contributed by atoms with Crippen LogP contribution in [0.15, 0.2) is 63.9 Å². The van der Waals surface area contributed by atoms with Gasteiger partial charge in [-0.15, -0.1) is 0 Å². The van der Waals surface area contributed by atoms with Crippen molar-refractivity contribution in [2.24, 2.45) is 0 Å². The lowest BCUT2D eigenvalue weighted by Gasteiger charge is -2.11. The number of hydrogen-bond donors (Lipinski definition) is 1. The third-order valence-corrected chi connectivity index (χ3v) is 5.20. The molecule has 1 N–H and O–H groups in total. The van der Waals surface area contributed by atoms with E-state index in [0.29, 0.717) is 23.3 Å². The van der Waals surface area contributed by atoms with Crippen LogP contribution in [0.2, 0.25) is 0 Å². The van der Waals surface area contributed by atoms with Gasteiger partial charge in [-0.25, -0.2) is 8.42 Å². The quantitative estimate of drug-likeness (QED) is 0.697. The van der Waals surface area contributed by atoms with E-state index in [1.54, 1.807) is 30.3 Å². The van der Waals surface area contributed by atoms with Crippen LogP contribution in [0.4, 0.5) is 5.69 Å². The van der Waals surface area contributed by atoms with Crippen LogP contribution in [0, 0.1) is 13.8 Å². The van der Waals surface area contributed by atoms with E-state index < -0.39 is 10.0 Å². The van der Waals surface area contributed by atoms with Crippen LogP contribution in [0.3, 0.4) is 0 Å². The fourth-order valence-electron chi connectivity index (χ4n) is 2.50. The smallest absolute Gasteiger partial charge is 0.261 e. The van der Waals surface area contributed by atoms with Crippen LogP contribution in [0.5, 0.6) is 0 Å². The number of hydrogen-bond acceptors (Lipinski definition) is 4. The Morgan fingerprint density at radius 2 is 1.68 bits per heavy atom. The van der Waals surface area contributed by atoms with Gasteiger partial charge in [0, 0.05) is 5.56 Å². The van der Waals surface area contributed by atoms with Crippen LogP contribution < -0.4 is 4.72 Å². The first-order valence-corrected chi connectivity index (χ1v) is 9.13. The summed E-state index contributed by atoms with van der Waals surface area (Å²) in [6.45, 7) is 3.81. The Bertz CT molecular complexity index is 1020. The molecule has 5 nitrogen and oxygen atoms in total. The van der Waals surface area contributed by atoms with E-state index in [1.165, 1.54) is 12.1 Å². The number of carbonyl (C=O) groups is 1. The van der Waals surface area contributed by atoms with E-state index in [9.17, 15) is 13.2 Å². The van der Waals surface area contributed by atoms with Crippen LogP contribution in [0.25, 0.3) is 11.3 Å². The largest absolute Gasteiger partial charge is 0.453 e. The molecule has 0 aliphatic rings. The van der Waals surface area contributed by atoms with Gasteiger partial charge in [-0.1, -0.05) is 17.7 Å². The number of carbonyl (C=O) groups excluding carboxylic acids is 1. The number of nitrogens with one attached hydrogen (secondary N) is 1. The molecule has 25 heavy (non-hydrogen) atoms. The Balaban J connectivity index is 1.86. The van der Waals surface area contributed by atoms with Crippen LogP contribution in [-0.4, -0.2) is 14.7 Å². The summed E-state index contributed by atoms with van der Waals surface area (Å²) in [6.07, 6.45) is 0.621. The first-order valence-electron chi connectivity index (χ1n) is 7.64. The standard InChI is InChI=1S/C19H17NO4S/c1-13-3-9-18(14(2)11-13)20-25(22,23)17-7-4-15(5-8-17)19-10-6-16(12-21)24-19/h3-12,20H,1-2H3. The molecule has 2 aromatic carbocycles. The molecule has 0 aliphatic carbocycles. The summed E-state index contributed by atoms with van der Waals surface area (Å²) in [6, 6.07) is 15.1. The summed E-state index contributed by atoms with van der Waals surface area (Å²) in [5.41, 5.74) is 3.17. The minimum Gasteiger partial charge on any atom is -0.453 e. The van der Waals surface area contributed by atoms with Gasteiger partial charge in [0.1, 0.15) is 5.76 Å². The van der Waals surface area contributed by atoms with E-state index in [1.807, 2.05) is 26.0 Å². The van der Waals surface area contributed by atoms with Gasteiger partial charge in [-0.3, -0.25) is 9.52 Å². The monoisotopic (exact) mass is 355 g/mol. The predicted octanol–water partition coefficient (Wildman–Crippen LogP) is 4.18. The highest BCUT2D eigenvalue weighted by molar-refractivity contribution is 7.92. The van der Waals surface area contributed by atoms with Crippen molar-refractivity contribution in [3.63, 3.8) is 0 Å². The van der Waals surface area contributed by atoms with Crippen molar-refractivity contribution < 1.29 is 17.6 Å². The van der Waals surface area contributed by atoms with Crippen LogP contribution in [0.1, 0.15) is 21.7 Å². The number of sulfonamides is 1. The lowest BCUT2D eigenvalue weighted by Crippen LogP contribution is -2.13. The van der Waals surface area contributed by atoms with Crippen molar-refractivity contribution in [2.45, 2.75) is 18.7 Å². The summed E-state index contributed by atoms with van der Waals surface area (Å²) in [5, 5.41) is 0. The third kappa shape index (κ3) is 3.64. The number of aryl methyl sites for hydroxylation is 2. The Labute approximate surface area is 146 Å². The van der Waals surface area contributed by atoms with Crippen molar-refractivity contribution in [2.75, 3.05) is 4.72 Å². The molecule has 3 aromatic rings. The van der Waals surface area contributed by atoms with Gasteiger partial charge in [0.05, 0.1) is 10.6 Å². The number of aldehydes is 1. The maximum Gasteiger partial charge on any atom is 0.261 e. The fourth-order valence-corrected chi connectivity index (χ4v) is 3.63. The predicted molar refractivity (Wildman–Crippen MR) is 96.3 cm³/mol. The topological polar surface area (TPSA) is 76.4 Å². The highest BCUT2D eigenvalue weighted by Crippen LogP contribution is 2.25. The molecule has 0 saturated heterocycles. The minimum atomic E-state index is -3.68. The Morgan fingerprint density at radius 3 is 2.28 bits per heavy atom. The highest BCUT2D eigenvalue weighted by Gasteiger charge is 2.16. The molecule has 0 unspecified atom stereocenters. The molecule has 0 bridgehead atoms. The van der Waals surface area contributed by atoms with Gasteiger partial charge >= 0.3 is 0 Å². The zero-order chi connectivity index (χ0) is 18.0. The van der Waals surface area contributed by atoms with Crippen molar-refractivity contribution in [3.8, 4) is 11.3 Å². The minimum absolute atomic E-state index is 0.151. The number of furan rings is 1. The second-order valence-corrected chi connectivity index (χ2v) is 7.45. The van der Waals surface area contributed by atoms with E-state index >= 15 is 0 Å². The van der Waals surface area contributed by atoms with E-state index in [2.05, 4.69) is 4.72 Å². The van der Waals surface area contributed by atoms with Gasteiger partial charge in [0.15, 0.2) is 12.0 Å². The van der Waals surface area contributed by atoms with Crippen LogP contribution >= 0.6 is 0 Å². The summed E-state index contributed by atoms with van der Waals surface area (Å²) in [7, 11) is -3.68. The summed E-state index contributed by atoms with van der Waals surface area (Å²) >= 11 is 0. The molecule has 1 aromatic heterocycles. The first kappa shape index (κ1) is 17.0. The maximum absolute atomic E-state index is 12.6. The van der Waals surface area contributed by atoms with Gasteiger partial charge in [-0.2, -0.15) is 0 Å². The molecule has 3 rings (SSSR count). The van der Waals surface area contributed by atoms with E-state index in [4.69, 9.17) is 4.42 Å². The Hall–Kier alpha value is -2.86. The summed E-state index contributed by atoms with van der Waals surface area (Å²) in [5.74, 6) is 0.733. The van der Waals surface area contributed by atoms with E-state index in [0.717, 1.165) is 11.1 Å². The lowest BCUT2D eigenvalue weighted by molar-refractivity contribution is 0.110. The Morgan fingerprint density at radius 1 is 0.960 bits per heavy atom. The Kier molecular flexibility index (Phi) is 4.46. The molecule has 6 heteroatoms. The lowest BCUT2D eigenvalue weighted by atomic mass is 10.1. The summed E-state index contributed by atoms with van der Waals surface area (Å²) < 4.78 is 33.1. The molecule has 0 aliphatic heterocycles. The molecular weight excluding hydrogens is 338 g/mol. The van der Waals surface area contributed by atoms with Gasteiger partial charge in [0.25, 0.3) is 10.0 Å². The zero-order valence-electron chi connectivity index (χ0n) is 13.8. The SMILES string of the molecule is Cc1ccc(NS(=O)(=O)c2ccc(-c3ccc(C=O)o3)cc2)c(C)c1. The maximum atomic E-state index is 12.6. The molecule has 1 heterocycles. The number of anilines is 1. The fraction of sp³-hybridized carbons (Fsp3) is 0.105. The van der Waals surface area contributed by atoms with Crippen molar-refractivity contribution in [1.29, 1.82) is 0 Å². The average Bonchev–Trinajstić information content (AvgIpc) is 3.07. The second-order valence-electron chi connectivity index (χ2n) is 5.77. The van der Waals surface area contributed by atoms with Crippen molar-refractivity contribution >= 4 is 22.0 Å². The zero-order valence-corrected chi connectivity index (χ0v) is 14.6. The first-order chi connectivity index (χ1) is 11.9. The molecule has 0 saturated carbocycles. The van der Waals surface area contributed by atoms with Crippen molar-refractivity contribution in [3.05, 3.63) is 71.5 Å². The highest BCUT2D eigenvalue weighted by atomic mass is 32.2. The molecular formula is C19H17NO4S. The van der Waals surface area contributed by atoms with Gasteiger partial charge < -0.3 is 4.42 Å². The normalized spacial score (nSPS) is 11.3. The number of benzene rings is 2. The molecule has 128 valence electrons. The average molecular weight is 355 g/mol. The molecule has 0 fully saturated rings.